The summed E-state index contributed by atoms with van der Waals surface area (Å²) in [6.07, 6.45) is 13.0. The van der Waals surface area contributed by atoms with E-state index < -0.39 is 0 Å². The summed E-state index contributed by atoms with van der Waals surface area (Å²) >= 11 is 0. The van der Waals surface area contributed by atoms with Gasteiger partial charge in [-0.2, -0.15) is 0 Å². The van der Waals surface area contributed by atoms with Gasteiger partial charge in [-0.15, -0.1) is 0 Å². The lowest BCUT2D eigenvalue weighted by Crippen LogP contribution is -1.80. The summed E-state index contributed by atoms with van der Waals surface area (Å²) in [6.45, 7) is 0. The SMILES string of the molecule is C1=C\CCCCCC/1.[SiH3]O[SiH3]. The Hall–Kier alpha value is 0.134. The minimum absolute atomic E-state index is 0.931. The molecule has 0 heterocycles. The molecule has 0 aromatic carbocycles. The lowest BCUT2D eigenvalue weighted by Gasteiger charge is -2.00. The van der Waals surface area contributed by atoms with Crippen LogP contribution in [0, 0.1) is 0 Å². The molecule has 0 N–H and O–H groups in total. The van der Waals surface area contributed by atoms with Crippen molar-refractivity contribution < 1.29 is 4.12 Å². The van der Waals surface area contributed by atoms with Crippen molar-refractivity contribution in [2.45, 2.75) is 38.5 Å². The van der Waals surface area contributed by atoms with Crippen molar-refractivity contribution in [2.24, 2.45) is 0 Å². The molecule has 0 aliphatic heterocycles. The van der Waals surface area contributed by atoms with E-state index >= 15 is 0 Å². The van der Waals surface area contributed by atoms with Crippen LogP contribution in [0.25, 0.3) is 0 Å². The number of hydrogen-bond donors (Lipinski definition) is 0. The monoisotopic (exact) mass is 188 g/mol. The molecule has 1 nitrogen and oxygen atoms in total. The Morgan fingerprint density at radius 3 is 1.55 bits per heavy atom. The van der Waals surface area contributed by atoms with E-state index in [9.17, 15) is 0 Å². The van der Waals surface area contributed by atoms with Gasteiger partial charge in [-0.25, -0.2) is 0 Å². The molecule has 0 aromatic rings. The molecule has 0 atom stereocenters. The van der Waals surface area contributed by atoms with Gasteiger partial charge in [-0.1, -0.05) is 25.0 Å². The second-order valence-electron chi connectivity index (χ2n) is 2.87. The molecule has 0 fully saturated rings. The average molecular weight is 188 g/mol. The summed E-state index contributed by atoms with van der Waals surface area (Å²) in [5, 5.41) is 0. The highest BCUT2D eigenvalue weighted by molar-refractivity contribution is 6.15. The minimum atomic E-state index is 0.931. The molecule has 3 heteroatoms. The summed E-state index contributed by atoms with van der Waals surface area (Å²) in [6, 6.07) is 0. The maximum absolute atomic E-state index is 4.53. The first-order valence-electron chi connectivity index (χ1n) is 4.47. The average Bonchev–Trinajstić information content (AvgIpc) is 1.86. The topological polar surface area (TPSA) is 9.23 Å². The van der Waals surface area contributed by atoms with Crippen LogP contribution in [0.15, 0.2) is 12.2 Å². The summed E-state index contributed by atoms with van der Waals surface area (Å²) in [4.78, 5) is 0. The zero-order valence-electron chi connectivity index (χ0n) is 7.81. The minimum Gasteiger partial charge on any atom is -0.471 e. The molecule has 66 valence electrons. The first-order chi connectivity index (χ1) is 5.41. The molecule has 0 unspecified atom stereocenters. The van der Waals surface area contributed by atoms with Gasteiger partial charge in [0.1, 0.15) is 21.0 Å². The molecular formula is C8H20OSi2. The van der Waals surface area contributed by atoms with Crippen molar-refractivity contribution >= 4 is 21.0 Å². The van der Waals surface area contributed by atoms with Gasteiger partial charge < -0.3 is 4.12 Å². The van der Waals surface area contributed by atoms with Crippen molar-refractivity contribution in [1.82, 2.24) is 0 Å². The van der Waals surface area contributed by atoms with E-state index in [-0.39, 0.29) is 0 Å². The van der Waals surface area contributed by atoms with E-state index in [1.54, 1.807) is 0 Å². The molecule has 0 saturated heterocycles. The molecule has 0 spiro atoms. The Bertz CT molecular complexity index is 84.1. The zero-order valence-corrected chi connectivity index (χ0v) is 11.8. The van der Waals surface area contributed by atoms with E-state index in [4.69, 9.17) is 0 Å². The van der Waals surface area contributed by atoms with Gasteiger partial charge >= 0.3 is 0 Å². The third kappa shape index (κ3) is 10.1. The lowest BCUT2D eigenvalue weighted by atomic mass is 10.1. The van der Waals surface area contributed by atoms with Gasteiger partial charge in [0, 0.05) is 0 Å². The molecule has 0 radical (unpaired) electrons. The quantitative estimate of drug-likeness (QED) is 0.396. The smallest absolute Gasteiger partial charge is 0.129 e. The fourth-order valence-electron chi connectivity index (χ4n) is 1.11. The van der Waals surface area contributed by atoms with Crippen LogP contribution in [-0.4, -0.2) is 21.0 Å². The van der Waals surface area contributed by atoms with Crippen molar-refractivity contribution in [3.63, 3.8) is 0 Å². The van der Waals surface area contributed by atoms with Crippen LogP contribution in [0.2, 0.25) is 0 Å². The Balaban J connectivity index is 0.000000292. The van der Waals surface area contributed by atoms with E-state index in [0.717, 1.165) is 21.0 Å². The first-order valence-corrected chi connectivity index (χ1v) is 6.10. The fourth-order valence-corrected chi connectivity index (χ4v) is 1.11. The number of hydrogen-bond acceptors (Lipinski definition) is 1. The van der Waals surface area contributed by atoms with Gasteiger partial charge in [0.25, 0.3) is 0 Å². The Morgan fingerprint density at radius 2 is 1.18 bits per heavy atom. The predicted octanol–water partition coefficient (Wildman–Crippen LogP) is 0.461. The molecule has 0 saturated carbocycles. The van der Waals surface area contributed by atoms with Crippen LogP contribution in [0.1, 0.15) is 38.5 Å². The van der Waals surface area contributed by atoms with Gasteiger partial charge in [0.15, 0.2) is 0 Å². The standard InChI is InChI=1S/C8H14.H6OSi2/c1-2-4-6-8-7-5-3-1;2-1-3/h1-2H,3-8H2;2-3H3/b2-1-;. The summed E-state index contributed by atoms with van der Waals surface area (Å²) < 4.78 is 4.53. The first kappa shape index (κ1) is 11.1. The van der Waals surface area contributed by atoms with Gasteiger partial charge in [0.2, 0.25) is 0 Å². The second kappa shape index (κ2) is 10.1. The zero-order chi connectivity index (χ0) is 8.36. The fraction of sp³-hybridized carbons (Fsp3) is 0.750. The molecule has 1 rings (SSSR count). The van der Waals surface area contributed by atoms with Crippen LogP contribution >= 0.6 is 0 Å². The van der Waals surface area contributed by atoms with Crippen molar-refractivity contribution in [3.05, 3.63) is 12.2 Å². The van der Waals surface area contributed by atoms with E-state index in [2.05, 4.69) is 16.3 Å². The summed E-state index contributed by atoms with van der Waals surface area (Å²) in [7, 11) is 1.86. The summed E-state index contributed by atoms with van der Waals surface area (Å²) in [5.74, 6) is 0. The molecule has 0 bridgehead atoms. The van der Waals surface area contributed by atoms with Crippen molar-refractivity contribution in [1.29, 1.82) is 0 Å². The third-order valence-corrected chi connectivity index (χ3v) is 1.66. The Morgan fingerprint density at radius 1 is 0.818 bits per heavy atom. The van der Waals surface area contributed by atoms with Crippen molar-refractivity contribution in [3.8, 4) is 0 Å². The van der Waals surface area contributed by atoms with E-state index in [0.29, 0.717) is 0 Å². The normalized spacial score (nSPS) is 21.1. The second-order valence-corrected chi connectivity index (χ2v) is 6.14. The largest absolute Gasteiger partial charge is 0.471 e. The van der Waals surface area contributed by atoms with Gasteiger partial charge in [-0.05, 0) is 25.7 Å². The predicted molar refractivity (Wildman–Crippen MR) is 57.8 cm³/mol. The summed E-state index contributed by atoms with van der Waals surface area (Å²) in [5.41, 5.74) is 0. The van der Waals surface area contributed by atoms with Gasteiger partial charge in [0.05, 0.1) is 0 Å². The molecule has 0 amide bonds. The van der Waals surface area contributed by atoms with Crippen molar-refractivity contribution in [2.75, 3.05) is 0 Å². The molecule has 0 aromatic heterocycles. The van der Waals surface area contributed by atoms with Crippen LogP contribution in [-0.2, 0) is 4.12 Å². The lowest BCUT2D eigenvalue weighted by molar-refractivity contribution is 0.638. The highest BCUT2D eigenvalue weighted by atomic mass is 28.3. The highest BCUT2D eigenvalue weighted by Crippen LogP contribution is 2.09. The molecule has 1 aliphatic carbocycles. The number of rotatable bonds is 0. The maximum atomic E-state index is 4.53. The Kier molecular flexibility index (Phi) is 10.3. The van der Waals surface area contributed by atoms with E-state index in [1.807, 2.05) is 0 Å². The van der Waals surface area contributed by atoms with Crippen LogP contribution in [0.3, 0.4) is 0 Å². The molecule has 1 aliphatic rings. The Labute approximate surface area is 76.3 Å². The van der Waals surface area contributed by atoms with E-state index in [1.165, 1.54) is 38.5 Å². The van der Waals surface area contributed by atoms with Crippen LogP contribution < -0.4 is 0 Å². The highest BCUT2D eigenvalue weighted by Gasteiger charge is 1.89. The third-order valence-electron chi connectivity index (χ3n) is 1.66. The van der Waals surface area contributed by atoms with Crippen LogP contribution in [0.4, 0.5) is 0 Å². The maximum Gasteiger partial charge on any atom is 0.129 e. The molecular weight excluding hydrogens is 168 g/mol. The van der Waals surface area contributed by atoms with Crippen LogP contribution in [0.5, 0.6) is 0 Å². The number of allylic oxidation sites excluding steroid dienone is 2. The van der Waals surface area contributed by atoms with Gasteiger partial charge in [-0.3, -0.25) is 0 Å². The molecule has 11 heavy (non-hydrogen) atoms.